The van der Waals surface area contributed by atoms with Crippen LogP contribution < -0.4 is 4.90 Å². The summed E-state index contributed by atoms with van der Waals surface area (Å²) in [6, 6.07) is 15.1. The average molecular weight is 356 g/mol. The maximum atomic E-state index is 13.0. The van der Waals surface area contributed by atoms with Crippen LogP contribution >= 0.6 is 11.8 Å². The Hall–Kier alpha value is -2.14. The van der Waals surface area contributed by atoms with Crippen LogP contribution in [0.15, 0.2) is 53.4 Å². The van der Waals surface area contributed by atoms with E-state index in [0.29, 0.717) is 18.3 Å². The van der Waals surface area contributed by atoms with Gasteiger partial charge >= 0.3 is 0 Å². The zero-order valence-corrected chi connectivity index (χ0v) is 15.5. The van der Waals surface area contributed by atoms with Crippen molar-refractivity contribution in [3.05, 3.63) is 54.1 Å². The number of phenols is 1. The topological polar surface area (TPSA) is 43.8 Å². The lowest BCUT2D eigenvalue weighted by Gasteiger charge is -2.36. The molecule has 0 aromatic heterocycles. The first-order chi connectivity index (χ1) is 12.0. The highest BCUT2D eigenvalue weighted by molar-refractivity contribution is 8.00. The van der Waals surface area contributed by atoms with Crippen LogP contribution in [0.4, 0.5) is 5.69 Å². The number of rotatable bonds is 4. The first-order valence-electron chi connectivity index (χ1n) is 8.63. The van der Waals surface area contributed by atoms with Gasteiger partial charge in [-0.1, -0.05) is 26.0 Å². The number of aromatic hydroxyl groups is 1. The highest BCUT2D eigenvalue weighted by atomic mass is 32.2. The zero-order valence-electron chi connectivity index (χ0n) is 14.7. The lowest BCUT2D eigenvalue weighted by molar-refractivity contribution is 0.0743. The summed E-state index contributed by atoms with van der Waals surface area (Å²) in [7, 11) is 0. The number of amides is 1. The van der Waals surface area contributed by atoms with Gasteiger partial charge in [-0.25, -0.2) is 0 Å². The van der Waals surface area contributed by atoms with Crippen molar-refractivity contribution < 1.29 is 9.90 Å². The number of carbonyl (C=O) groups excluding carboxylic acids is 1. The molecule has 0 bridgehead atoms. The van der Waals surface area contributed by atoms with Crippen LogP contribution in [0.25, 0.3) is 0 Å². The predicted molar refractivity (Wildman–Crippen MR) is 104 cm³/mol. The second-order valence-electron chi connectivity index (χ2n) is 6.46. The van der Waals surface area contributed by atoms with Gasteiger partial charge in [-0.05, 0) is 36.4 Å². The third-order valence-corrected chi connectivity index (χ3v) is 5.34. The lowest BCUT2D eigenvalue weighted by atomic mass is 10.1. The minimum atomic E-state index is 0.120. The predicted octanol–water partition coefficient (Wildman–Crippen LogP) is 3.86. The fourth-order valence-electron chi connectivity index (χ4n) is 3.00. The number of carbonyl (C=O) groups is 1. The second kappa shape index (κ2) is 7.83. The van der Waals surface area contributed by atoms with Gasteiger partial charge in [0.15, 0.2) is 0 Å². The van der Waals surface area contributed by atoms with E-state index >= 15 is 0 Å². The molecule has 2 aromatic carbocycles. The van der Waals surface area contributed by atoms with Gasteiger partial charge in [0, 0.05) is 42.0 Å². The summed E-state index contributed by atoms with van der Waals surface area (Å²) >= 11 is 1.73. The largest absolute Gasteiger partial charge is 0.508 e. The molecule has 1 aliphatic rings. The summed E-state index contributed by atoms with van der Waals surface area (Å²) in [5, 5.41) is 9.86. The number of hydrogen-bond acceptors (Lipinski definition) is 4. The fraction of sp³-hybridized carbons (Fsp3) is 0.350. The molecule has 1 N–H and O–H groups in total. The van der Waals surface area contributed by atoms with E-state index in [1.165, 1.54) is 0 Å². The SMILES string of the molecule is CC(C)Sc1ccccc1C(=O)N1CCN(c2ccc(O)cc2)CC1. The quantitative estimate of drug-likeness (QED) is 0.845. The van der Waals surface area contributed by atoms with Gasteiger partial charge in [0.25, 0.3) is 5.91 Å². The molecule has 0 saturated carbocycles. The molecule has 3 rings (SSSR count). The van der Waals surface area contributed by atoms with Crippen LogP contribution in [0.1, 0.15) is 24.2 Å². The van der Waals surface area contributed by atoms with Crippen molar-refractivity contribution in [3.8, 4) is 5.75 Å². The van der Waals surface area contributed by atoms with Crippen molar-refractivity contribution in [2.45, 2.75) is 24.0 Å². The van der Waals surface area contributed by atoms with Gasteiger partial charge in [0.05, 0.1) is 5.56 Å². The van der Waals surface area contributed by atoms with Gasteiger partial charge in [-0.15, -0.1) is 11.8 Å². The average Bonchev–Trinajstić information content (AvgIpc) is 2.62. The van der Waals surface area contributed by atoms with Gasteiger partial charge in [-0.3, -0.25) is 4.79 Å². The van der Waals surface area contributed by atoms with E-state index in [1.807, 2.05) is 41.3 Å². The van der Waals surface area contributed by atoms with Crippen LogP contribution in [-0.2, 0) is 0 Å². The van der Waals surface area contributed by atoms with Crippen LogP contribution in [0.2, 0.25) is 0 Å². The van der Waals surface area contributed by atoms with Crippen LogP contribution in [0, 0.1) is 0 Å². The summed E-state index contributed by atoms with van der Waals surface area (Å²) in [5.41, 5.74) is 1.89. The molecule has 0 atom stereocenters. The van der Waals surface area contributed by atoms with E-state index in [4.69, 9.17) is 0 Å². The highest BCUT2D eigenvalue weighted by Crippen LogP contribution is 2.28. The lowest BCUT2D eigenvalue weighted by Crippen LogP contribution is -2.48. The standard InChI is InChI=1S/C20H24N2O2S/c1-15(2)25-19-6-4-3-5-18(19)20(24)22-13-11-21(12-14-22)16-7-9-17(23)10-8-16/h3-10,15,23H,11-14H2,1-2H3. The third-order valence-electron chi connectivity index (χ3n) is 4.26. The van der Waals surface area contributed by atoms with Crippen LogP contribution in [-0.4, -0.2) is 47.3 Å². The molecule has 132 valence electrons. The number of hydrogen-bond donors (Lipinski definition) is 1. The van der Waals surface area contributed by atoms with Gasteiger partial charge < -0.3 is 14.9 Å². The van der Waals surface area contributed by atoms with Crippen molar-refractivity contribution in [1.82, 2.24) is 4.90 Å². The minimum Gasteiger partial charge on any atom is -0.508 e. The Kier molecular flexibility index (Phi) is 5.53. The molecule has 1 saturated heterocycles. The van der Waals surface area contributed by atoms with Crippen LogP contribution in [0.5, 0.6) is 5.75 Å². The van der Waals surface area contributed by atoms with E-state index in [-0.39, 0.29) is 11.7 Å². The van der Waals surface area contributed by atoms with E-state index in [0.717, 1.165) is 29.2 Å². The fourth-order valence-corrected chi connectivity index (χ4v) is 3.95. The Morgan fingerprint density at radius 2 is 1.64 bits per heavy atom. The Labute approximate surface area is 153 Å². The van der Waals surface area contributed by atoms with Crippen molar-refractivity contribution in [2.24, 2.45) is 0 Å². The van der Waals surface area contributed by atoms with E-state index in [2.05, 4.69) is 18.7 Å². The molecule has 5 heteroatoms. The van der Waals surface area contributed by atoms with Crippen molar-refractivity contribution in [1.29, 1.82) is 0 Å². The monoisotopic (exact) mass is 356 g/mol. The molecule has 0 radical (unpaired) electrons. The van der Waals surface area contributed by atoms with Crippen molar-refractivity contribution >= 4 is 23.4 Å². The number of benzene rings is 2. The smallest absolute Gasteiger partial charge is 0.255 e. The number of piperazine rings is 1. The summed E-state index contributed by atoms with van der Waals surface area (Å²) in [6.45, 7) is 7.30. The molecular formula is C20H24N2O2S. The van der Waals surface area contributed by atoms with E-state index in [1.54, 1.807) is 23.9 Å². The van der Waals surface area contributed by atoms with Crippen LogP contribution in [0.3, 0.4) is 0 Å². The molecule has 1 fully saturated rings. The molecule has 0 spiro atoms. The second-order valence-corrected chi connectivity index (χ2v) is 8.08. The normalized spacial score (nSPS) is 14.8. The van der Waals surface area contributed by atoms with Crippen molar-refractivity contribution in [2.75, 3.05) is 31.1 Å². The number of thioether (sulfide) groups is 1. The zero-order chi connectivity index (χ0) is 17.8. The van der Waals surface area contributed by atoms with Crippen molar-refractivity contribution in [3.63, 3.8) is 0 Å². The molecule has 25 heavy (non-hydrogen) atoms. The molecule has 0 unspecified atom stereocenters. The molecule has 0 aliphatic carbocycles. The maximum Gasteiger partial charge on any atom is 0.255 e. The Morgan fingerprint density at radius 1 is 1.00 bits per heavy atom. The van der Waals surface area contributed by atoms with Gasteiger partial charge in [0.2, 0.25) is 0 Å². The third kappa shape index (κ3) is 4.28. The Bertz CT molecular complexity index is 723. The summed E-state index contributed by atoms with van der Waals surface area (Å²) in [4.78, 5) is 18.2. The van der Waals surface area contributed by atoms with Gasteiger partial charge in [-0.2, -0.15) is 0 Å². The molecule has 1 amide bonds. The minimum absolute atomic E-state index is 0.120. The Balaban J connectivity index is 1.67. The highest BCUT2D eigenvalue weighted by Gasteiger charge is 2.24. The molecule has 2 aromatic rings. The number of anilines is 1. The summed E-state index contributed by atoms with van der Waals surface area (Å²) in [6.07, 6.45) is 0. The van der Waals surface area contributed by atoms with E-state index in [9.17, 15) is 9.90 Å². The van der Waals surface area contributed by atoms with E-state index < -0.39 is 0 Å². The molecule has 1 heterocycles. The summed E-state index contributed by atoms with van der Waals surface area (Å²) in [5.74, 6) is 0.394. The number of nitrogens with zero attached hydrogens (tertiary/aromatic N) is 2. The summed E-state index contributed by atoms with van der Waals surface area (Å²) < 4.78 is 0. The first-order valence-corrected chi connectivity index (χ1v) is 9.51. The molecular weight excluding hydrogens is 332 g/mol. The van der Waals surface area contributed by atoms with Gasteiger partial charge in [0.1, 0.15) is 5.75 Å². The Morgan fingerprint density at radius 3 is 2.28 bits per heavy atom. The first kappa shape index (κ1) is 17.7. The molecule has 4 nitrogen and oxygen atoms in total. The molecule has 1 aliphatic heterocycles. The maximum absolute atomic E-state index is 13.0. The number of phenolic OH excluding ortho intramolecular Hbond substituents is 1.